The number of benzene rings is 1. The number of aromatic nitrogens is 1. The van der Waals surface area contributed by atoms with Crippen molar-refractivity contribution in [1.29, 1.82) is 5.26 Å². The Morgan fingerprint density at radius 3 is 2.33 bits per heavy atom. The highest BCUT2D eigenvalue weighted by atomic mass is 31.2. The second-order valence-corrected chi connectivity index (χ2v) is 18.7. The average molecular weight is 633 g/mol. The number of amides is 2. The first-order valence-electron chi connectivity index (χ1n) is 14.5. The number of rotatable bonds is 13. The van der Waals surface area contributed by atoms with E-state index in [0.717, 1.165) is 0 Å². The fourth-order valence-electron chi connectivity index (χ4n) is 4.42. The SMILES string of the molecule is CCOP(=O)(CN(C(=O)Nc1ccc(C#N)cn1)[C@H]1C[C@H]1c1c(F)ccc(C(=O)CC)c1O[Si](C)(C)C(C)(C)C)OCC. The second-order valence-electron chi connectivity index (χ2n) is 11.9. The fourth-order valence-corrected chi connectivity index (χ4v) is 7.19. The molecule has 0 bridgehead atoms. The number of anilines is 1. The van der Waals surface area contributed by atoms with E-state index in [9.17, 15) is 14.2 Å². The number of hydrogen-bond donors (Lipinski definition) is 1. The fraction of sp³-hybridized carbons (Fsp3) is 0.533. The number of ketones is 1. The highest BCUT2D eigenvalue weighted by molar-refractivity contribution is 7.53. The van der Waals surface area contributed by atoms with Gasteiger partial charge in [-0.15, -0.1) is 0 Å². The first kappa shape index (κ1) is 34.4. The largest absolute Gasteiger partial charge is 0.543 e. The Labute approximate surface area is 254 Å². The summed E-state index contributed by atoms with van der Waals surface area (Å²) in [6.07, 6.45) is 1.49. The zero-order valence-electron chi connectivity index (χ0n) is 26.2. The topological polar surface area (TPSA) is 131 Å². The minimum atomic E-state index is -3.76. The van der Waals surface area contributed by atoms with Crippen molar-refractivity contribution < 1.29 is 32.0 Å². The van der Waals surface area contributed by atoms with Gasteiger partial charge in [-0.1, -0.05) is 27.7 Å². The Morgan fingerprint density at radius 2 is 1.81 bits per heavy atom. The number of nitriles is 1. The van der Waals surface area contributed by atoms with Crippen molar-refractivity contribution in [3.05, 3.63) is 53.0 Å². The van der Waals surface area contributed by atoms with E-state index in [1.54, 1.807) is 20.8 Å². The molecule has 0 aliphatic heterocycles. The molecule has 1 saturated carbocycles. The minimum Gasteiger partial charge on any atom is -0.543 e. The molecule has 1 N–H and O–H groups in total. The van der Waals surface area contributed by atoms with Crippen molar-refractivity contribution in [2.24, 2.45) is 0 Å². The van der Waals surface area contributed by atoms with Crippen molar-refractivity contribution in [1.82, 2.24) is 9.88 Å². The van der Waals surface area contributed by atoms with E-state index in [1.165, 1.54) is 35.4 Å². The number of hydrogen-bond acceptors (Lipinski definition) is 8. The number of nitrogens with one attached hydrogen (secondary N) is 1. The molecular formula is C30H42FN4O6PSi. The van der Waals surface area contributed by atoms with Crippen molar-refractivity contribution in [3.8, 4) is 11.8 Å². The summed E-state index contributed by atoms with van der Waals surface area (Å²) in [6.45, 7) is 15.5. The van der Waals surface area contributed by atoms with Gasteiger partial charge in [-0.25, -0.2) is 14.2 Å². The maximum atomic E-state index is 15.8. The van der Waals surface area contributed by atoms with Gasteiger partial charge < -0.3 is 18.4 Å². The zero-order chi connectivity index (χ0) is 32.2. The lowest BCUT2D eigenvalue weighted by Gasteiger charge is -2.37. The Morgan fingerprint density at radius 1 is 1.16 bits per heavy atom. The molecule has 2 amide bonds. The molecule has 1 heterocycles. The Hall–Kier alpha value is -3.10. The summed E-state index contributed by atoms with van der Waals surface area (Å²) in [5.41, 5.74) is 0.855. The van der Waals surface area contributed by atoms with Crippen molar-refractivity contribution in [3.63, 3.8) is 0 Å². The lowest BCUT2D eigenvalue weighted by Crippen LogP contribution is -2.44. The smallest absolute Gasteiger partial charge is 0.349 e. The van der Waals surface area contributed by atoms with Gasteiger partial charge in [-0.3, -0.25) is 14.7 Å². The van der Waals surface area contributed by atoms with Gasteiger partial charge in [0.15, 0.2) is 5.78 Å². The molecule has 1 aliphatic carbocycles. The summed E-state index contributed by atoms with van der Waals surface area (Å²) in [6, 6.07) is 6.44. The van der Waals surface area contributed by atoms with Gasteiger partial charge in [0.05, 0.1) is 24.3 Å². The van der Waals surface area contributed by atoms with Crippen LogP contribution in [0, 0.1) is 17.1 Å². The molecule has 0 radical (unpaired) electrons. The van der Waals surface area contributed by atoms with E-state index in [1.807, 2.05) is 19.2 Å². The summed E-state index contributed by atoms with van der Waals surface area (Å²) in [5, 5.41) is 11.5. The molecule has 2 atom stereocenters. The molecule has 0 spiro atoms. The molecule has 10 nitrogen and oxygen atoms in total. The first-order chi connectivity index (χ1) is 20.1. The third kappa shape index (κ3) is 8.09. The van der Waals surface area contributed by atoms with E-state index in [0.29, 0.717) is 17.5 Å². The lowest BCUT2D eigenvalue weighted by molar-refractivity contribution is 0.0986. The normalized spacial score (nSPS) is 16.7. The number of urea groups is 1. The quantitative estimate of drug-likeness (QED) is 0.135. The molecule has 1 aromatic heterocycles. The number of halogens is 1. The van der Waals surface area contributed by atoms with E-state index >= 15 is 4.39 Å². The zero-order valence-corrected chi connectivity index (χ0v) is 28.1. The van der Waals surface area contributed by atoms with Gasteiger partial charge >= 0.3 is 13.6 Å². The van der Waals surface area contributed by atoms with Crippen molar-refractivity contribution >= 4 is 33.5 Å². The van der Waals surface area contributed by atoms with Crippen LogP contribution in [0.3, 0.4) is 0 Å². The maximum Gasteiger partial charge on any atom is 0.349 e. The standard InChI is InChI=1S/C30H42FN4O6PSi/c1-9-25(36)21-13-14-23(31)27(28(21)41-43(7,8)30(4,5)6)22-16-24(22)35(19-42(38,39-10-2)40-11-3)29(37)34-26-15-12-20(17-32)18-33-26/h12-15,18,22,24H,9-11,16,19H2,1-8H3,(H,33,34,37)/t22-,24+/m1/s1. The van der Waals surface area contributed by atoms with Gasteiger partial charge in [-0.05, 0) is 62.7 Å². The van der Waals surface area contributed by atoms with Crippen LogP contribution in [-0.4, -0.2) is 55.6 Å². The first-order valence-corrected chi connectivity index (χ1v) is 19.1. The molecule has 13 heteroatoms. The lowest BCUT2D eigenvalue weighted by atomic mass is 10.00. The van der Waals surface area contributed by atoms with E-state index in [4.69, 9.17) is 18.7 Å². The summed E-state index contributed by atoms with van der Waals surface area (Å²) in [4.78, 5) is 32.1. The average Bonchev–Trinajstić information content (AvgIpc) is 3.71. The number of carbonyl (C=O) groups excluding carboxylic acids is 2. The molecule has 1 aliphatic rings. The molecule has 43 heavy (non-hydrogen) atoms. The molecule has 3 rings (SSSR count). The van der Waals surface area contributed by atoms with Gasteiger partial charge in [0.2, 0.25) is 0 Å². The van der Waals surface area contributed by atoms with Gasteiger partial charge in [0.25, 0.3) is 8.32 Å². The third-order valence-electron chi connectivity index (χ3n) is 7.82. The van der Waals surface area contributed by atoms with Crippen molar-refractivity contribution in [2.75, 3.05) is 24.8 Å². The Bertz CT molecular complexity index is 1410. The monoisotopic (exact) mass is 632 g/mol. The van der Waals surface area contributed by atoms with E-state index in [2.05, 4.69) is 31.1 Å². The molecule has 2 aromatic rings. The van der Waals surface area contributed by atoms with Crippen LogP contribution in [0.1, 0.15) is 81.8 Å². The Balaban J connectivity index is 2.07. The highest BCUT2D eigenvalue weighted by Crippen LogP contribution is 2.55. The molecule has 1 fully saturated rings. The van der Waals surface area contributed by atoms with Crippen LogP contribution in [0.25, 0.3) is 0 Å². The Kier molecular flexibility index (Phi) is 10.9. The number of Topliss-reactive ketones (excluding diaryl/α,β-unsaturated/α-hetero) is 1. The molecule has 1 aromatic carbocycles. The highest BCUT2D eigenvalue weighted by Gasteiger charge is 2.51. The van der Waals surface area contributed by atoms with Crippen LogP contribution in [0.4, 0.5) is 15.0 Å². The van der Waals surface area contributed by atoms with E-state index in [-0.39, 0.29) is 53.9 Å². The van der Waals surface area contributed by atoms with Gasteiger partial charge in [0.1, 0.15) is 29.7 Å². The third-order valence-corrected chi connectivity index (χ3v) is 14.1. The van der Waals surface area contributed by atoms with Crippen LogP contribution in [0.5, 0.6) is 5.75 Å². The molecule has 234 valence electrons. The molecule has 0 saturated heterocycles. The van der Waals surface area contributed by atoms with Crippen molar-refractivity contribution in [2.45, 2.75) is 84.5 Å². The number of nitrogens with zero attached hydrogens (tertiary/aromatic N) is 3. The summed E-state index contributed by atoms with van der Waals surface area (Å²) >= 11 is 0. The number of pyridine rings is 1. The molecular weight excluding hydrogens is 590 g/mol. The van der Waals surface area contributed by atoms with Crippen LogP contribution in [0.15, 0.2) is 30.5 Å². The predicted octanol–water partition coefficient (Wildman–Crippen LogP) is 7.68. The van der Waals surface area contributed by atoms with Crippen LogP contribution in [-0.2, 0) is 13.6 Å². The summed E-state index contributed by atoms with van der Waals surface area (Å²) < 4.78 is 47.0. The molecule has 0 unspecified atom stereocenters. The van der Waals surface area contributed by atoms with Crippen LogP contribution >= 0.6 is 7.60 Å². The summed E-state index contributed by atoms with van der Waals surface area (Å²) in [7, 11) is -6.28. The predicted molar refractivity (Wildman–Crippen MR) is 166 cm³/mol. The van der Waals surface area contributed by atoms with Gasteiger partial charge in [-0.2, -0.15) is 5.26 Å². The second kappa shape index (κ2) is 13.7. The summed E-state index contributed by atoms with van der Waals surface area (Å²) in [5.74, 6) is -0.859. The van der Waals surface area contributed by atoms with Crippen LogP contribution in [0.2, 0.25) is 18.1 Å². The van der Waals surface area contributed by atoms with E-state index < -0.39 is 39.7 Å². The number of carbonyl (C=O) groups is 2. The van der Waals surface area contributed by atoms with Gasteiger partial charge in [0, 0.05) is 30.1 Å². The van der Waals surface area contributed by atoms with Crippen LogP contribution < -0.4 is 9.74 Å². The minimum absolute atomic E-state index is 0.0955. The maximum absolute atomic E-state index is 15.8.